The Bertz CT molecular complexity index is 1450. The zero-order valence-corrected chi connectivity index (χ0v) is 20.1. The molecular weight excluding hydrogens is 458 g/mol. The number of nitrogens with zero attached hydrogens (tertiary/aromatic N) is 4. The van der Waals surface area contributed by atoms with Crippen molar-refractivity contribution in [1.82, 2.24) is 24.9 Å². The fourth-order valence-corrected chi connectivity index (χ4v) is 3.66. The molecule has 2 aromatic carbocycles. The molecular formula is C27H27N5O4. The van der Waals surface area contributed by atoms with Crippen LogP contribution in [0.4, 0.5) is 0 Å². The number of ether oxygens (including phenoxy) is 1. The molecule has 0 spiro atoms. The number of carbonyl (C=O) groups excluding carboxylic acids is 1. The average molecular weight is 486 g/mol. The summed E-state index contributed by atoms with van der Waals surface area (Å²) < 4.78 is 7.93. The van der Waals surface area contributed by atoms with Gasteiger partial charge in [0.25, 0.3) is 11.1 Å². The van der Waals surface area contributed by atoms with Crippen LogP contribution in [0.15, 0.2) is 88.5 Å². The topological polar surface area (TPSA) is 108 Å². The molecule has 0 saturated heterocycles. The van der Waals surface area contributed by atoms with E-state index < -0.39 is 6.04 Å². The summed E-state index contributed by atoms with van der Waals surface area (Å²) in [5, 5.41) is 11.6. The van der Waals surface area contributed by atoms with Crippen molar-refractivity contribution in [1.29, 1.82) is 0 Å². The van der Waals surface area contributed by atoms with Crippen LogP contribution in [-0.4, -0.2) is 38.6 Å². The summed E-state index contributed by atoms with van der Waals surface area (Å²) >= 11 is 0. The van der Waals surface area contributed by atoms with Gasteiger partial charge in [0, 0.05) is 29.8 Å². The van der Waals surface area contributed by atoms with Crippen LogP contribution < -0.4 is 21.2 Å². The van der Waals surface area contributed by atoms with Gasteiger partial charge in [-0.2, -0.15) is 10.2 Å². The van der Waals surface area contributed by atoms with Crippen LogP contribution in [0.5, 0.6) is 5.75 Å². The number of amides is 1. The number of nitrogens with one attached hydrogen (secondary N) is 1. The van der Waals surface area contributed by atoms with E-state index in [0.717, 1.165) is 21.6 Å². The molecule has 184 valence electrons. The summed E-state index contributed by atoms with van der Waals surface area (Å²) in [6.07, 6.45) is 0. The largest absolute Gasteiger partial charge is 0.494 e. The maximum absolute atomic E-state index is 12.8. The van der Waals surface area contributed by atoms with Gasteiger partial charge in [-0.05, 0) is 50.2 Å². The smallest absolute Gasteiger partial charge is 0.267 e. The predicted octanol–water partition coefficient (Wildman–Crippen LogP) is 2.91. The maximum Gasteiger partial charge on any atom is 0.267 e. The molecule has 9 nitrogen and oxygen atoms in total. The molecule has 4 aromatic rings. The van der Waals surface area contributed by atoms with E-state index in [4.69, 9.17) is 4.74 Å². The predicted molar refractivity (Wildman–Crippen MR) is 137 cm³/mol. The number of benzene rings is 2. The Morgan fingerprint density at radius 3 is 2.19 bits per heavy atom. The minimum Gasteiger partial charge on any atom is -0.494 e. The van der Waals surface area contributed by atoms with Crippen LogP contribution in [0.1, 0.15) is 19.9 Å². The summed E-state index contributed by atoms with van der Waals surface area (Å²) in [5.74, 6) is 0.375. The van der Waals surface area contributed by atoms with Crippen molar-refractivity contribution in [2.75, 3.05) is 13.2 Å². The number of hydrogen-bond donors (Lipinski definition) is 1. The van der Waals surface area contributed by atoms with E-state index in [0.29, 0.717) is 18.0 Å². The molecule has 2 aromatic heterocycles. The van der Waals surface area contributed by atoms with E-state index in [1.54, 1.807) is 19.1 Å². The van der Waals surface area contributed by atoms with Crippen molar-refractivity contribution < 1.29 is 9.53 Å². The van der Waals surface area contributed by atoms with Crippen molar-refractivity contribution in [2.45, 2.75) is 26.4 Å². The van der Waals surface area contributed by atoms with Crippen LogP contribution in [0.2, 0.25) is 0 Å². The molecule has 1 unspecified atom stereocenters. The van der Waals surface area contributed by atoms with E-state index in [1.165, 1.54) is 16.8 Å². The molecule has 0 fully saturated rings. The lowest BCUT2D eigenvalue weighted by Crippen LogP contribution is -2.39. The lowest BCUT2D eigenvalue weighted by molar-refractivity contribution is -0.124. The molecule has 1 amide bonds. The van der Waals surface area contributed by atoms with Crippen LogP contribution in [0.3, 0.4) is 0 Å². The minimum absolute atomic E-state index is 0.163. The first-order valence-electron chi connectivity index (χ1n) is 11.7. The maximum atomic E-state index is 12.8. The van der Waals surface area contributed by atoms with Crippen molar-refractivity contribution in [3.8, 4) is 28.3 Å². The van der Waals surface area contributed by atoms with Crippen molar-refractivity contribution in [3.63, 3.8) is 0 Å². The number of aromatic nitrogens is 4. The first kappa shape index (κ1) is 24.6. The summed E-state index contributed by atoms with van der Waals surface area (Å²) in [4.78, 5) is 37.4. The third-order valence-corrected chi connectivity index (χ3v) is 5.59. The van der Waals surface area contributed by atoms with Crippen LogP contribution in [0, 0.1) is 0 Å². The highest BCUT2D eigenvalue weighted by Gasteiger charge is 2.18. The van der Waals surface area contributed by atoms with Gasteiger partial charge < -0.3 is 10.1 Å². The second-order valence-corrected chi connectivity index (χ2v) is 8.07. The van der Waals surface area contributed by atoms with Gasteiger partial charge in [-0.1, -0.05) is 30.3 Å². The van der Waals surface area contributed by atoms with Gasteiger partial charge in [0.2, 0.25) is 5.91 Å². The highest BCUT2D eigenvalue weighted by atomic mass is 16.5. The lowest BCUT2D eigenvalue weighted by Gasteiger charge is -2.15. The van der Waals surface area contributed by atoms with Crippen LogP contribution in [0.25, 0.3) is 22.5 Å². The Labute approximate surface area is 208 Å². The third kappa shape index (κ3) is 5.75. The molecule has 0 saturated carbocycles. The molecule has 0 aliphatic carbocycles. The van der Waals surface area contributed by atoms with Gasteiger partial charge >= 0.3 is 0 Å². The molecule has 1 N–H and O–H groups in total. The molecule has 4 rings (SSSR count). The summed E-state index contributed by atoms with van der Waals surface area (Å²) in [6, 6.07) is 22.2. The Kier molecular flexibility index (Phi) is 7.69. The average Bonchev–Trinajstić information content (AvgIpc) is 2.91. The highest BCUT2D eigenvalue weighted by molar-refractivity contribution is 5.79. The molecule has 0 bridgehead atoms. The molecule has 1 atom stereocenters. The van der Waals surface area contributed by atoms with Gasteiger partial charge in [-0.3, -0.25) is 14.4 Å². The molecule has 0 radical (unpaired) electrons. The van der Waals surface area contributed by atoms with Gasteiger partial charge in [-0.25, -0.2) is 9.36 Å². The first-order chi connectivity index (χ1) is 17.5. The minimum atomic E-state index is -0.832. The molecule has 9 heteroatoms. The lowest BCUT2D eigenvalue weighted by atomic mass is 10.1. The molecule has 0 aliphatic heterocycles. The summed E-state index contributed by atoms with van der Waals surface area (Å²) in [6.45, 7) is 4.44. The van der Waals surface area contributed by atoms with Crippen molar-refractivity contribution in [2.24, 2.45) is 0 Å². The standard InChI is InChI=1S/C27H27N5O4/c1-3-36-22-11-9-21(10-12-22)23-13-15-25(33)31(29-23)18-17-28-27(35)19(2)32-26(34)16-14-24(30-32)20-7-5-4-6-8-20/h4-16,19H,3,17-18H2,1-2H3,(H,28,35). The SMILES string of the molecule is CCOc1ccc(-c2ccc(=O)n(CCNC(=O)C(C)n3nc(-c4ccccc4)ccc3=O)n2)cc1. The Hall–Kier alpha value is -4.53. The van der Waals surface area contributed by atoms with Crippen LogP contribution >= 0.6 is 0 Å². The monoisotopic (exact) mass is 485 g/mol. The van der Waals surface area contributed by atoms with Crippen molar-refractivity contribution >= 4 is 5.91 Å². The van der Waals surface area contributed by atoms with E-state index >= 15 is 0 Å². The fraction of sp³-hybridized carbons (Fsp3) is 0.222. The van der Waals surface area contributed by atoms with Crippen molar-refractivity contribution in [3.05, 3.63) is 99.6 Å². The van der Waals surface area contributed by atoms with E-state index in [-0.39, 0.29) is 30.1 Å². The summed E-state index contributed by atoms with van der Waals surface area (Å²) in [5.41, 5.74) is 2.26. The first-order valence-corrected chi connectivity index (χ1v) is 11.7. The zero-order chi connectivity index (χ0) is 25.5. The molecule has 0 aliphatic rings. The van der Waals surface area contributed by atoms with E-state index in [2.05, 4.69) is 15.5 Å². The quantitative estimate of drug-likeness (QED) is 0.391. The third-order valence-electron chi connectivity index (χ3n) is 5.59. The highest BCUT2D eigenvalue weighted by Crippen LogP contribution is 2.20. The summed E-state index contributed by atoms with van der Waals surface area (Å²) in [7, 11) is 0. The Balaban J connectivity index is 1.42. The zero-order valence-electron chi connectivity index (χ0n) is 20.1. The Morgan fingerprint density at radius 2 is 1.50 bits per heavy atom. The molecule has 2 heterocycles. The normalized spacial score (nSPS) is 11.6. The fourth-order valence-electron chi connectivity index (χ4n) is 3.66. The van der Waals surface area contributed by atoms with E-state index in [9.17, 15) is 14.4 Å². The second kappa shape index (κ2) is 11.3. The van der Waals surface area contributed by atoms with Gasteiger partial charge in [0.1, 0.15) is 11.8 Å². The van der Waals surface area contributed by atoms with E-state index in [1.807, 2.05) is 61.5 Å². The van der Waals surface area contributed by atoms with Crippen LogP contribution in [-0.2, 0) is 11.3 Å². The number of hydrogen-bond acceptors (Lipinski definition) is 6. The van der Waals surface area contributed by atoms with Gasteiger partial charge in [0.15, 0.2) is 0 Å². The molecule has 36 heavy (non-hydrogen) atoms. The second-order valence-electron chi connectivity index (χ2n) is 8.07. The van der Waals surface area contributed by atoms with Gasteiger partial charge in [-0.15, -0.1) is 0 Å². The number of rotatable bonds is 9. The van der Waals surface area contributed by atoms with Gasteiger partial charge in [0.05, 0.1) is 24.5 Å². The number of carbonyl (C=O) groups is 1. The Morgan fingerprint density at radius 1 is 0.861 bits per heavy atom.